The summed E-state index contributed by atoms with van der Waals surface area (Å²) in [7, 11) is 0. The summed E-state index contributed by atoms with van der Waals surface area (Å²) in [4.78, 5) is 0. The first-order valence-corrected chi connectivity index (χ1v) is 4.08. The molecule has 0 aliphatic heterocycles. The van der Waals surface area contributed by atoms with E-state index in [9.17, 15) is 0 Å². The van der Waals surface area contributed by atoms with E-state index in [4.69, 9.17) is 0 Å². The zero-order valence-electron chi connectivity index (χ0n) is 7.53. The van der Waals surface area contributed by atoms with Crippen LogP contribution >= 0.6 is 0 Å². The second kappa shape index (κ2) is 5.96. The first kappa shape index (κ1) is 10.2. The number of allylic oxidation sites excluding steroid dienone is 3. The summed E-state index contributed by atoms with van der Waals surface area (Å²) in [5.41, 5.74) is 2.54. The molecule has 0 amide bonds. The minimum Gasteiger partial charge on any atom is -0.103 e. The van der Waals surface area contributed by atoms with E-state index in [1.807, 2.05) is 6.08 Å². The maximum atomic E-state index is 3.94. The minimum absolute atomic E-state index is 0.955. The zero-order chi connectivity index (χ0) is 8.69. The Labute approximate surface area is 70.3 Å². The predicted molar refractivity (Wildman–Crippen MR) is 52.6 cm³/mol. The van der Waals surface area contributed by atoms with Crippen LogP contribution in [0.5, 0.6) is 0 Å². The molecule has 0 aromatic heterocycles. The maximum absolute atomic E-state index is 3.94. The van der Waals surface area contributed by atoms with Gasteiger partial charge in [0, 0.05) is 0 Å². The fraction of sp³-hybridized carbons (Fsp3) is 0.455. The molecule has 0 heterocycles. The van der Waals surface area contributed by atoms with Gasteiger partial charge in [-0.05, 0) is 32.6 Å². The molecule has 0 heteroatoms. The lowest BCUT2D eigenvalue weighted by Gasteiger charge is -2.01. The quantitative estimate of drug-likeness (QED) is 0.504. The second-order valence-electron chi connectivity index (χ2n) is 3.05. The first-order chi connectivity index (χ1) is 5.16. The van der Waals surface area contributed by atoms with Crippen LogP contribution in [0.2, 0.25) is 0 Å². The third-order valence-corrected chi connectivity index (χ3v) is 1.57. The molecule has 0 aliphatic rings. The zero-order valence-corrected chi connectivity index (χ0v) is 7.53. The van der Waals surface area contributed by atoms with Gasteiger partial charge in [-0.1, -0.05) is 23.8 Å². The fourth-order valence-corrected chi connectivity index (χ4v) is 0.946. The Morgan fingerprint density at radius 2 is 1.91 bits per heavy atom. The van der Waals surface area contributed by atoms with E-state index in [1.165, 1.54) is 17.6 Å². The molecular weight excluding hydrogens is 132 g/mol. The molecule has 0 rings (SSSR count). The predicted octanol–water partition coefficient (Wildman–Crippen LogP) is 3.87. The van der Waals surface area contributed by atoms with Gasteiger partial charge in [0.25, 0.3) is 0 Å². The molecule has 0 aromatic carbocycles. The Balaban J connectivity index is 3.31. The van der Waals surface area contributed by atoms with Crippen LogP contribution in [0.25, 0.3) is 0 Å². The van der Waals surface area contributed by atoms with Crippen LogP contribution in [-0.2, 0) is 0 Å². The topological polar surface area (TPSA) is 0 Å². The van der Waals surface area contributed by atoms with Crippen LogP contribution in [0.15, 0.2) is 37.0 Å². The maximum Gasteiger partial charge on any atom is -0.0144 e. The van der Waals surface area contributed by atoms with Crippen molar-refractivity contribution in [3.63, 3.8) is 0 Å². The first-order valence-electron chi connectivity index (χ1n) is 4.08. The molecule has 0 atom stereocenters. The lowest BCUT2D eigenvalue weighted by molar-refractivity contribution is 0.795. The SMILES string of the molecule is C=CCC(=C)CCCC(=C)C. The Morgan fingerprint density at radius 3 is 2.36 bits per heavy atom. The normalized spacial score (nSPS) is 9.18. The lowest BCUT2D eigenvalue weighted by atomic mass is 10.1. The van der Waals surface area contributed by atoms with Crippen molar-refractivity contribution < 1.29 is 0 Å². The molecule has 0 N–H and O–H groups in total. The summed E-state index contributed by atoms with van der Waals surface area (Å²) in [5.74, 6) is 0. The summed E-state index contributed by atoms with van der Waals surface area (Å²) < 4.78 is 0. The summed E-state index contributed by atoms with van der Waals surface area (Å²) in [6.07, 6.45) is 6.27. The van der Waals surface area contributed by atoms with E-state index < -0.39 is 0 Å². The summed E-state index contributed by atoms with van der Waals surface area (Å²) in [6.45, 7) is 13.5. The van der Waals surface area contributed by atoms with E-state index in [-0.39, 0.29) is 0 Å². The van der Waals surface area contributed by atoms with Gasteiger partial charge in [-0.3, -0.25) is 0 Å². The number of rotatable bonds is 6. The van der Waals surface area contributed by atoms with Gasteiger partial charge >= 0.3 is 0 Å². The van der Waals surface area contributed by atoms with E-state index in [1.54, 1.807) is 0 Å². The van der Waals surface area contributed by atoms with Gasteiger partial charge in [0.1, 0.15) is 0 Å². The molecule has 0 unspecified atom stereocenters. The smallest absolute Gasteiger partial charge is 0.0144 e. The number of hydrogen-bond acceptors (Lipinski definition) is 0. The van der Waals surface area contributed by atoms with Crippen LogP contribution in [-0.4, -0.2) is 0 Å². The van der Waals surface area contributed by atoms with Crippen molar-refractivity contribution in [2.24, 2.45) is 0 Å². The average Bonchev–Trinajstić information content (AvgIpc) is 1.87. The van der Waals surface area contributed by atoms with Crippen molar-refractivity contribution in [2.75, 3.05) is 0 Å². The third kappa shape index (κ3) is 7.11. The molecule has 11 heavy (non-hydrogen) atoms. The van der Waals surface area contributed by atoms with Crippen LogP contribution in [0.1, 0.15) is 32.6 Å². The van der Waals surface area contributed by atoms with Crippen molar-refractivity contribution in [1.29, 1.82) is 0 Å². The fourth-order valence-electron chi connectivity index (χ4n) is 0.946. The molecule has 62 valence electrons. The monoisotopic (exact) mass is 150 g/mol. The van der Waals surface area contributed by atoms with Crippen molar-refractivity contribution in [2.45, 2.75) is 32.6 Å². The van der Waals surface area contributed by atoms with Crippen LogP contribution in [0.3, 0.4) is 0 Å². The highest BCUT2D eigenvalue weighted by Crippen LogP contribution is 2.11. The van der Waals surface area contributed by atoms with E-state index >= 15 is 0 Å². The van der Waals surface area contributed by atoms with Crippen molar-refractivity contribution in [3.8, 4) is 0 Å². The summed E-state index contributed by atoms with van der Waals surface area (Å²) in [5, 5.41) is 0. The largest absolute Gasteiger partial charge is 0.103 e. The van der Waals surface area contributed by atoms with Gasteiger partial charge in [-0.2, -0.15) is 0 Å². The molecular formula is C11H18. The molecule has 0 radical (unpaired) electrons. The molecule has 0 aromatic rings. The molecule has 0 saturated heterocycles. The van der Waals surface area contributed by atoms with Crippen LogP contribution < -0.4 is 0 Å². The van der Waals surface area contributed by atoms with Gasteiger partial charge in [0.05, 0.1) is 0 Å². The van der Waals surface area contributed by atoms with Crippen molar-refractivity contribution in [1.82, 2.24) is 0 Å². The highest BCUT2D eigenvalue weighted by Gasteiger charge is 1.92. The number of hydrogen-bond donors (Lipinski definition) is 0. The molecule has 0 spiro atoms. The van der Waals surface area contributed by atoms with Gasteiger partial charge < -0.3 is 0 Å². The third-order valence-electron chi connectivity index (χ3n) is 1.57. The Morgan fingerprint density at radius 1 is 1.27 bits per heavy atom. The van der Waals surface area contributed by atoms with Gasteiger partial charge in [-0.25, -0.2) is 0 Å². The summed E-state index contributed by atoms with van der Waals surface area (Å²) in [6, 6.07) is 0. The van der Waals surface area contributed by atoms with E-state index in [2.05, 4.69) is 26.7 Å². The second-order valence-corrected chi connectivity index (χ2v) is 3.05. The Hall–Kier alpha value is -0.780. The molecule has 0 fully saturated rings. The summed E-state index contributed by atoms with van der Waals surface area (Å²) >= 11 is 0. The van der Waals surface area contributed by atoms with E-state index in [0.717, 1.165) is 19.3 Å². The highest BCUT2D eigenvalue weighted by molar-refractivity contribution is 5.00. The van der Waals surface area contributed by atoms with E-state index in [0.29, 0.717) is 0 Å². The van der Waals surface area contributed by atoms with Crippen molar-refractivity contribution >= 4 is 0 Å². The lowest BCUT2D eigenvalue weighted by Crippen LogP contribution is -1.81. The van der Waals surface area contributed by atoms with Crippen LogP contribution in [0, 0.1) is 0 Å². The highest BCUT2D eigenvalue weighted by atomic mass is 14.0. The van der Waals surface area contributed by atoms with Gasteiger partial charge in [0.15, 0.2) is 0 Å². The Kier molecular flexibility index (Phi) is 5.54. The molecule has 0 bridgehead atoms. The Bertz CT molecular complexity index is 151. The molecule has 0 saturated carbocycles. The van der Waals surface area contributed by atoms with Gasteiger partial charge in [-0.15, -0.1) is 13.2 Å². The van der Waals surface area contributed by atoms with Crippen molar-refractivity contribution in [3.05, 3.63) is 37.0 Å². The average molecular weight is 150 g/mol. The van der Waals surface area contributed by atoms with Gasteiger partial charge in [0.2, 0.25) is 0 Å². The molecule has 0 aliphatic carbocycles. The standard InChI is InChI=1S/C11H18/c1-5-7-11(4)9-6-8-10(2)3/h5H,1-2,4,6-9H2,3H3. The van der Waals surface area contributed by atoms with Crippen LogP contribution in [0.4, 0.5) is 0 Å². The minimum atomic E-state index is 0.955. The molecule has 0 nitrogen and oxygen atoms in total.